The molecule has 3 aromatic rings. The minimum Gasteiger partial charge on any atom is -0.497 e. The molecule has 0 unspecified atom stereocenters. The van der Waals surface area contributed by atoms with Crippen LogP contribution < -0.4 is 9.47 Å². The number of ketones is 1. The van der Waals surface area contributed by atoms with Crippen LogP contribution in [0.5, 0.6) is 11.5 Å². The normalized spacial score (nSPS) is 11.6. The van der Waals surface area contributed by atoms with Crippen LogP contribution >= 0.6 is 0 Å². The lowest BCUT2D eigenvalue weighted by molar-refractivity contribution is 0.103. The number of carbonyl (C=O) groups excluding carboxylic acids is 1. The molecular formula is C22H23NO4. The molecule has 0 saturated carbocycles. The number of aliphatic hydroxyl groups is 1. The highest BCUT2D eigenvalue weighted by atomic mass is 16.5. The minimum absolute atomic E-state index is 0.0986. The molecule has 0 aliphatic carbocycles. The molecule has 1 N–H and O–H groups in total. The van der Waals surface area contributed by atoms with E-state index in [0.29, 0.717) is 29.2 Å². The number of rotatable bonds is 7. The summed E-state index contributed by atoms with van der Waals surface area (Å²) in [6.07, 6.45) is 3.82. The van der Waals surface area contributed by atoms with Crippen LogP contribution in [0.2, 0.25) is 0 Å². The number of fused-ring (bicyclic) bond motifs is 1. The van der Waals surface area contributed by atoms with Gasteiger partial charge in [0.2, 0.25) is 0 Å². The van der Waals surface area contributed by atoms with Gasteiger partial charge in [-0.1, -0.05) is 6.07 Å². The molecular weight excluding hydrogens is 342 g/mol. The Kier molecular flexibility index (Phi) is 5.62. The molecule has 0 saturated heterocycles. The molecule has 3 rings (SSSR count). The third kappa shape index (κ3) is 3.88. The van der Waals surface area contributed by atoms with E-state index in [4.69, 9.17) is 14.6 Å². The summed E-state index contributed by atoms with van der Waals surface area (Å²) >= 11 is 0. The summed E-state index contributed by atoms with van der Waals surface area (Å²) < 4.78 is 12.6. The van der Waals surface area contributed by atoms with Crippen LogP contribution in [-0.2, 0) is 6.54 Å². The fourth-order valence-electron chi connectivity index (χ4n) is 3.13. The van der Waals surface area contributed by atoms with Crippen molar-refractivity contribution in [1.82, 2.24) is 4.57 Å². The molecule has 1 aromatic heterocycles. The summed E-state index contributed by atoms with van der Waals surface area (Å²) in [5.74, 6) is 1.02. The predicted octanol–water partition coefficient (Wildman–Crippen LogP) is 3.94. The first-order valence-electron chi connectivity index (χ1n) is 8.72. The number of aliphatic hydroxyl groups excluding tert-OH is 1. The monoisotopic (exact) mass is 365 g/mol. The summed E-state index contributed by atoms with van der Waals surface area (Å²) in [7, 11) is 3.11. The maximum absolute atomic E-state index is 12.9. The maximum atomic E-state index is 12.9. The van der Waals surface area contributed by atoms with Crippen molar-refractivity contribution in [2.24, 2.45) is 0 Å². The van der Waals surface area contributed by atoms with E-state index in [1.54, 1.807) is 39.3 Å². The van der Waals surface area contributed by atoms with Crippen LogP contribution in [0.1, 0.15) is 22.8 Å². The summed E-state index contributed by atoms with van der Waals surface area (Å²) in [6.45, 7) is 2.45. The van der Waals surface area contributed by atoms with E-state index in [1.807, 2.05) is 41.1 Å². The van der Waals surface area contributed by atoms with E-state index in [9.17, 15) is 4.79 Å². The van der Waals surface area contributed by atoms with Gasteiger partial charge in [-0.25, -0.2) is 0 Å². The Bertz CT molecular complexity index is 1000. The number of ether oxygens (including phenoxy) is 2. The van der Waals surface area contributed by atoms with Gasteiger partial charge >= 0.3 is 0 Å². The van der Waals surface area contributed by atoms with Crippen LogP contribution in [0.15, 0.2) is 54.2 Å². The van der Waals surface area contributed by atoms with Crippen molar-refractivity contribution >= 4 is 22.8 Å². The predicted molar refractivity (Wildman–Crippen MR) is 107 cm³/mol. The van der Waals surface area contributed by atoms with E-state index in [2.05, 4.69) is 0 Å². The van der Waals surface area contributed by atoms with Crippen molar-refractivity contribution in [3.63, 3.8) is 0 Å². The summed E-state index contributed by atoms with van der Waals surface area (Å²) in [5, 5.41) is 10.2. The molecule has 27 heavy (non-hydrogen) atoms. The zero-order chi connectivity index (χ0) is 19.4. The van der Waals surface area contributed by atoms with Crippen LogP contribution in [-0.4, -0.2) is 36.3 Å². The van der Waals surface area contributed by atoms with Crippen LogP contribution in [0.3, 0.4) is 0 Å². The van der Waals surface area contributed by atoms with Crippen molar-refractivity contribution in [2.75, 3.05) is 20.8 Å². The number of allylic oxidation sites excluding steroid dienone is 1. The van der Waals surface area contributed by atoms with Crippen molar-refractivity contribution in [3.8, 4) is 11.5 Å². The van der Waals surface area contributed by atoms with Gasteiger partial charge in [-0.3, -0.25) is 4.79 Å². The van der Waals surface area contributed by atoms with Crippen molar-refractivity contribution in [1.29, 1.82) is 0 Å². The molecule has 1 heterocycles. The Morgan fingerprint density at radius 1 is 1.11 bits per heavy atom. The van der Waals surface area contributed by atoms with E-state index in [0.717, 1.165) is 16.5 Å². The smallest absolute Gasteiger partial charge is 0.192 e. The summed E-state index contributed by atoms with van der Waals surface area (Å²) in [5.41, 5.74) is 3.08. The summed E-state index contributed by atoms with van der Waals surface area (Å²) in [6, 6.07) is 13.2. The highest BCUT2D eigenvalue weighted by Crippen LogP contribution is 2.27. The first kappa shape index (κ1) is 18.7. The fraction of sp³-hybridized carbons (Fsp3) is 0.227. The lowest BCUT2D eigenvalue weighted by atomic mass is 10.0. The number of hydrogen-bond acceptors (Lipinski definition) is 4. The van der Waals surface area contributed by atoms with Gasteiger partial charge < -0.3 is 19.1 Å². The number of methoxy groups -OCH3 is 2. The highest BCUT2D eigenvalue weighted by molar-refractivity contribution is 6.12. The van der Waals surface area contributed by atoms with E-state index < -0.39 is 0 Å². The van der Waals surface area contributed by atoms with Gasteiger partial charge in [0.25, 0.3) is 0 Å². The average Bonchev–Trinajstić information content (AvgIpc) is 3.09. The molecule has 0 amide bonds. The van der Waals surface area contributed by atoms with E-state index >= 15 is 0 Å². The zero-order valence-electron chi connectivity index (χ0n) is 15.7. The number of carbonyl (C=O) groups is 1. The number of nitrogens with zero attached hydrogens (tertiary/aromatic N) is 1. The van der Waals surface area contributed by atoms with Gasteiger partial charge in [0.15, 0.2) is 5.78 Å². The van der Waals surface area contributed by atoms with Crippen LogP contribution in [0, 0.1) is 0 Å². The Labute approximate surface area is 158 Å². The molecule has 2 aromatic carbocycles. The lowest BCUT2D eigenvalue weighted by Gasteiger charge is -2.10. The first-order chi connectivity index (χ1) is 13.1. The second kappa shape index (κ2) is 8.10. The van der Waals surface area contributed by atoms with Gasteiger partial charge in [0.05, 0.1) is 26.4 Å². The molecule has 0 fully saturated rings. The molecule has 5 nitrogen and oxygen atoms in total. The second-order valence-corrected chi connectivity index (χ2v) is 6.27. The van der Waals surface area contributed by atoms with Gasteiger partial charge in [0.1, 0.15) is 11.5 Å². The van der Waals surface area contributed by atoms with Crippen LogP contribution in [0.4, 0.5) is 0 Å². The van der Waals surface area contributed by atoms with E-state index in [1.165, 1.54) is 0 Å². The zero-order valence-corrected chi connectivity index (χ0v) is 15.7. The molecule has 0 radical (unpaired) electrons. The summed E-state index contributed by atoms with van der Waals surface area (Å²) in [4.78, 5) is 12.9. The van der Waals surface area contributed by atoms with Gasteiger partial charge in [-0.05, 0) is 60.5 Å². The van der Waals surface area contributed by atoms with Gasteiger partial charge in [-0.15, -0.1) is 0 Å². The van der Waals surface area contributed by atoms with Crippen molar-refractivity contribution < 1.29 is 19.4 Å². The second-order valence-electron chi connectivity index (χ2n) is 6.27. The topological polar surface area (TPSA) is 60.7 Å². The third-order valence-electron chi connectivity index (χ3n) is 4.53. The molecule has 0 spiro atoms. The fourth-order valence-corrected chi connectivity index (χ4v) is 3.13. The number of benzene rings is 2. The Hall–Kier alpha value is -3.05. The average molecular weight is 365 g/mol. The van der Waals surface area contributed by atoms with Crippen LogP contribution in [0.25, 0.3) is 17.0 Å². The van der Waals surface area contributed by atoms with Crippen molar-refractivity contribution in [2.45, 2.75) is 13.5 Å². The molecule has 0 atom stereocenters. The number of aromatic nitrogens is 1. The largest absolute Gasteiger partial charge is 0.497 e. The molecule has 0 bridgehead atoms. The molecule has 5 heteroatoms. The standard InChI is InChI=1S/C22H23NO4/c1-15(22(25)19-14-18(26-2)5-7-21(19)27-3)12-16-4-6-20-17(13-16)8-9-23(20)10-11-24/h4-9,12-14,24H,10-11H2,1-3H3. The quantitative estimate of drug-likeness (QED) is 0.509. The highest BCUT2D eigenvalue weighted by Gasteiger charge is 2.15. The molecule has 0 aliphatic rings. The van der Waals surface area contributed by atoms with E-state index in [-0.39, 0.29) is 12.4 Å². The Balaban J connectivity index is 1.93. The Morgan fingerprint density at radius 3 is 2.63 bits per heavy atom. The minimum atomic E-state index is -0.108. The van der Waals surface area contributed by atoms with Gasteiger partial charge in [-0.2, -0.15) is 0 Å². The molecule has 0 aliphatic heterocycles. The van der Waals surface area contributed by atoms with Gasteiger partial charge in [0, 0.05) is 23.6 Å². The maximum Gasteiger partial charge on any atom is 0.192 e. The van der Waals surface area contributed by atoms with Crippen molar-refractivity contribution in [3.05, 3.63) is 65.4 Å². The lowest BCUT2D eigenvalue weighted by Crippen LogP contribution is -2.04. The molecule has 140 valence electrons. The first-order valence-corrected chi connectivity index (χ1v) is 8.72. The SMILES string of the molecule is COc1ccc(OC)c(C(=O)C(C)=Cc2ccc3c(ccn3CCO)c2)c1. The third-order valence-corrected chi connectivity index (χ3v) is 4.53. The number of Topliss-reactive ketones (excluding diaryl/α,β-unsaturated/α-hetero) is 1. The Morgan fingerprint density at radius 2 is 1.93 bits per heavy atom. The number of hydrogen-bond donors (Lipinski definition) is 1.